The zero-order valence-corrected chi connectivity index (χ0v) is 13.0. The first-order valence-corrected chi connectivity index (χ1v) is 7.33. The number of carbonyl (C=O) groups excluding carboxylic acids is 1. The highest BCUT2D eigenvalue weighted by molar-refractivity contribution is 5.76. The lowest BCUT2D eigenvalue weighted by molar-refractivity contribution is -0.132. The van der Waals surface area contributed by atoms with Gasteiger partial charge in [-0.1, -0.05) is 12.1 Å². The molecule has 0 aliphatic rings. The van der Waals surface area contributed by atoms with Crippen LogP contribution in [-0.2, 0) is 9.53 Å². The number of methoxy groups -OCH3 is 1. The summed E-state index contributed by atoms with van der Waals surface area (Å²) in [5.74, 6) is 0.876. The summed E-state index contributed by atoms with van der Waals surface area (Å²) in [5.41, 5.74) is 6.64. The van der Waals surface area contributed by atoms with Crippen molar-refractivity contribution in [2.75, 3.05) is 40.0 Å². The molecule has 2 N–H and O–H groups in total. The van der Waals surface area contributed by atoms with Crippen LogP contribution in [0, 0.1) is 6.92 Å². The molecule has 0 spiro atoms. The van der Waals surface area contributed by atoms with Crippen molar-refractivity contribution in [3.8, 4) is 5.75 Å². The minimum atomic E-state index is 0.0770. The number of nitrogens with zero attached hydrogens (tertiary/aromatic N) is 1. The summed E-state index contributed by atoms with van der Waals surface area (Å²) >= 11 is 0. The first-order chi connectivity index (χ1) is 10.2. The number of carbonyl (C=O) groups is 1. The maximum absolute atomic E-state index is 12.2. The molecule has 1 aromatic rings. The van der Waals surface area contributed by atoms with E-state index in [1.165, 1.54) is 0 Å². The molecule has 21 heavy (non-hydrogen) atoms. The van der Waals surface area contributed by atoms with Gasteiger partial charge >= 0.3 is 0 Å². The molecule has 0 atom stereocenters. The first kappa shape index (κ1) is 17.5. The van der Waals surface area contributed by atoms with Crippen LogP contribution < -0.4 is 10.5 Å². The second-order valence-corrected chi connectivity index (χ2v) is 4.93. The molecule has 0 aliphatic carbocycles. The number of benzene rings is 1. The van der Waals surface area contributed by atoms with E-state index >= 15 is 0 Å². The predicted octanol–water partition coefficient (Wildman–Crippen LogP) is 1.59. The maximum Gasteiger partial charge on any atom is 0.226 e. The van der Waals surface area contributed by atoms with Gasteiger partial charge in [0.1, 0.15) is 5.75 Å². The SMILES string of the molecule is COCCN(CCCN)C(=O)CCOc1cccc(C)c1. The van der Waals surface area contributed by atoms with Gasteiger partial charge in [0, 0.05) is 20.2 Å². The minimum absolute atomic E-state index is 0.0770. The molecule has 5 heteroatoms. The van der Waals surface area contributed by atoms with Gasteiger partial charge in [-0.05, 0) is 37.6 Å². The van der Waals surface area contributed by atoms with Gasteiger partial charge in [-0.3, -0.25) is 4.79 Å². The standard InChI is InChI=1S/C16H26N2O3/c1-14-5-3-6-15(13-14)21-11-7-16(19)18(9-4-8-17)10-12-20-2/h3,5-6,13H,4,7-12,17H2,1-2H3. The average molecular weight is 294 g/mol. The molecule has 0 bridgehead atoms. The van der Waals surface area contributed by atoms with E-state index in [0.717, 1.165) is 17.7 Å². The fourth-order valence-corrected chi connectivity index (χ4v) is 1.96. The highest BCUT2D eigenvalue weighted by Gasteiger charge is 2.12. The third kappa shape index (κ3) is 7.11. The van der Waals surface area contributed by atoms with E-state index in [9.17, 15) is 4.79 Å². The van der Waals surface area contributed by atoms with Crippen LogP contribution in [0.25, 0.3) is 0 Å². The van der Waals surface area contributed by atoms with Crippen molar-refractivity contribution in [2.45, 2.75) is 19.8 Å². The topological polar surface area (TPSA) is 64.8 Å². The quantitative estimate of drug-likeness (QED) is 0.711. The van der Waals surface area contributed by atoms with Gasteiger partial charge in [0.15, 0.2) is 0 Å². The third-order valence-corrected chi connectivity index (χ3v) is 3.12. The van der Waals surface area contributed by atoms with Gasteiger partial charge in [0.2, 0.25) is 5.91 Å². The molecule has 0 aliphatic heterocycles. The van der Waals surface area contributed by atoms with Crippen LogP contribution in [-0.4, -0.2) is 50.8 Å². The Labute approximate surface area is 127 Å². The lowest BCUT2D eigenvalue weighted by Crippen LogP contribution is -2.36. The average Bonchev–Trinajstić information content (AvgIpc) is 2.47. The molecule has 118 valence electrons. The number of amides is 1. The van der Waals surface area contributed by atoms with Gasteiger partial charge in [-0.25, -0.2) is 0 Å². The zero-order valence-electron chi connectivity index (χ0n) is 13.0. The van der Waals surface area contributed by atoms with Crippen molar-refractivity contribution in [3.05, 3.63) is 29.8 Å². The number of hydrogen-bond donors (Lipinski definition) is 1. The van der Waals surface area contributed by atoms with E-state index in [2.05, 4.69) is 0 Å². The minimum Gasteiger partial charge on any atom is -0.493 e. The Kier molecular flexibility index (Phi) is 8.47. The molecule has 0 saturated carbocycles. The molecule has 1 amide bonds. The number of hydrogen-bond acceptors (Lipinski definition) is 4. The summed E-state index contributed by atoms with van der Waals surface area (Å²) in [5, 5.41) is 0. The summed E-state index contributed by atoms with van der Waals surface area (Å²) in [6.45, 7) is 4.78. The molecule has 0 saturated heterocycles. The molecule has 1 rings (SSSR count). The Hall–Kier alpha value is -1.59. The van der Waals surface area contributed by atoms with E-state index in [1.807, 2.05) is 31.2 Å². The Balaban J connectivity index is 2.37. The Bertz CT molecular complexity index is 416. The zero-order chi connectivity index (χ0) is 15.5. The largest absolute Gasteiger partial charge is 0.493 e. The highest BCUT2D eigenvalue weighted by atomic mass is 16.5. The summed E-state index contributed by atoms with van der Waals surface area (Å²) in [6.07, 6.45) is 1.16. The Morgan fingerprint density at radius 3 is 2.76 bits per heavy atom. The number of ether oxygens (including phenoxy) is 2. The van der Waals surface area contributed by atoms with Crippen LogP contribution in [0.5, 0.6) is 5.75 Å². The number of nitrogens with two attached hydrogens (primary N) is 1. The van der Waals surface area contributed by atoms with Crippen LogP contribution in [0.2, 0.25) is 0 Å². The van der Waals surface area contributed by atoms with Gasteiger partial charge in [-0.2, -0.15) is 0 Å². The molecule has 0 unspecified atom stereocenters. The maximum atomic E-state index is 12.2. The predicted molar refractivity (Wildman–Crippen MR) is 83.4 cm³/mol. The number of aryl methyl sites for hydroxylation is 1. The summed E-state index contributed by atoms with van der Waals surface area (Å²) in [7, 11) is 1.63. The molecule has 0 radical (unpaired) electrons. The van der Waals surface area contributed by atoms with E-state index in [-0.39, 0.29) is 5.91 Å². The monoisotopic (exact) mass is 294 g/mol. The summed E-state index contributed by atoms with van der Waals surface area (Å²) < 4.78 is 10.6. The first-order valence-electron chi connectivity index (χ1n) is 7.33. The van der Waals surface area contributed by atoms with Crippen LogP contribution in [0.3, 0.4) is 0 Å². The van der Waals surface area contributed by atoms with Gasteiger partial charge < -0.3 is 20.1 Å². The molecule has 0 fully saturated rings. The number of rotatable bonds is 10. The summed E-state index contributed by atoms with van der Waals surface area (Å²) in [4.78, 5) is 13.9. The second-order valence-electron chi connectivity index (χ2n) is 4.93. The molecule has 0 heterocycles. The van der Waals surface area contributed by atoms with E-state index < -0.39 is 0 Å². The lowest BCUT2D eigenvalue weighted by atomic mass is 10.2. The van der Waals surface area contributed by atoms with Gasteiger partial charge in [0.25, 0.3) is 0 Å². The normalized spacial score (nSPS) is 10.4. The van der Waals surface area contributed by atoms with Crippen molar-refractivity contribution in [1.82, 2.24) is 4.90 Å². The van der Waals surface area contributed by atoms with E-state index in [1.54, 1.807) is 12.0 Å². The van der Waals surface area contributed by atoms with Crippen LogP contribution in [0.1, 0.15) is 18.4 Å². The van der Waals surface area contributed by atoms with Gasteiger partial charge in [0.05, 0.1) is 19.6 Å². The van der Waals surface area contributed by atoms with Crippen molar-refractivity contribution >= 4 is 5.91 Å². The van der Waals surface area contributed by atoms with Crippen LogP contribution in [0.4, 0.5) is 0 Å². The van der Waals surface area contributed by atoms with Crippen molar-refractivity contribution < 1.29 is 14.3 Å². The smallest absolute Gasteiger partial charge is 0.226 e. The molecule has 0 aromatic heterocycles. The fraction of sp³-hybridized carbons (Fsp3) is 0.562. The van der Waals surface area contributed by atoms with E-state index in [4.69, 9.17) is 15.2 Å². The fourth-order valence-electron chi connectivity index (χ4n) is 1.96. The van der Waals surface area contributed by atoms with Crippen molar-refractivity contribution in [3.63, 3.8) is 0 Å². The van der Waals surface area contributed by atoms with E-state index in [0.29, 0.717) is 39.3 Å². The van der Waals surface area contributed by atoms with Crippen molar-refractivity contribution in [2.24, 2.45) is 5.73 Å². The Morgan fingerprint density at radius 2 is 2.10 bits per heavy atom. The lowest BCUT2D eigenvalue weighted by Gasteiger charge is -2.22. The molecular formula is C16H26N2O3. The summed E-state index contributed by atoms with van der Waals surface area (Å²) in [6, 6.07) is 7.81. The van der Waals surface area contributed by atoms with Crippen molar-refractivity contribution in [1.29, 1.82) is 0 Å². The molecule has 1 aromatic carbocycles. The van der Waals surface area contributed by atoms with Crippen LogP contribution >= 0.6 is 0 Å². The molecular weight excluding hydrogens is 268 g/mol. The van der Waals surface area contributed by atoms with Crippen LogP contribution in [0.15, 0.2) is 24.3 Å². The van der Waals surface area contributed by atoms with Gasteiger partial charge in [-0.15, -0.1) is 0 Å². The Morgan fingerprint density at radius 1 is 1.29 bits per heavy atom. The third-order valence-electron chi connectivity index (χ3n) is 3.12. The second kappa shape index (κ2) is 10.2. The highest BCUT2D eigenvalue weighted by Crippen LogP contribution is 2.12. The molecule has 5 nitrogen and oxygen atoms in total.